The summed E-state index contributed by atoms with van der Waals surface area (Å²) in [5, 5.41) is 0.557. The zero-order chi connectivity index (χ0) is 9.14. The smallest absolute Gasteiger partial charge is 0.156 e. The van der Waals surface area contributed by atoms with Gasteiger partial charge in [-0.15, -0.1) is 0 Å². The molecule has 1 aromatic rings. The van der Waals surface area contributed by atoms with Gasteiger partial charge < -0.3 is 0 Å². The maximum atomic E-state index is 11.3. The summed E-state index contributed by atoms with van der Waals surface area (Å²) in [7, 11) is 1.83. The normalized spacial score (nSPS) is 9.83. The molecule has 0 spiro atoms. The first-order valence-electron chi connectivity index (χ1n) is 3.94. The first kappa shape index (κ1) is 9.33. The van der Waals surface area contributed by atoms with E-state index in [1.54, 1.807) is 6.07 Å². The minimum atomic E-state index is 0.0972. The third-order valence-corrected chi connectivity index (χ3v) is 2.06. The highest BCUT2D eigenvalue weighted by Gasteiger charge is 2.06. The van der Waals surface area contributed by atoms with E-state index in [4.69, 9.17) is 11.6 Å². The van der Waals surface area contributed by atoms with Crippen LogP contribution >= 0.6 is 11.6 Å². The molecule has 0 heterocycles. The Labute approximate surface area is 78.1 Å². The number of carbonyl (C=O) groups is 1. The van der Waals surface area contributed by atoms with Crippen molar-refractivity contribution in [1.29, 1.82) is 0 Å². The van der Waals surface area contributed by atoms with Crippen molar-refractivity contribution in [2.75, 3.05) is 0 Å². The van der Waals surface area contributed by atoms with E-state index in [1.165, 1.54) is 0 Å². The topological polar surface area (TPSA) is 17.1 Å². The van der Waals surface area contributed by atoms with Crippen LogP contribution in [-0.4, -0.2) is 13.6 Å². The summed E-state index contributed by atoms with van der Waals surface area (Å²) in [6.45, 7) is 1.95. The minimum absolute atomic E-state index is 0.0972. The Morgan fingerprint density at radius 2 is 2.25 bits per heavy atom. The fourth-order valence-corrected chi connectivity index (χ4v) is 1.38. The molecule has 0 aliphatic heterocycles. The molecular formula is C9H10BClO. The van der Waals surface area contributed by atoms with Gasteiger partial charge in [-0.3, -0.25) is 4.79 Å². The fraction of sp³-hybridized carbons (Fsp3) is 0.222. The lowest BCUT2D eigenvalue weighted by atomic mass is 9.95. The first-order valence-corrected chi connectivity index (χ1v) is 4.32. The van der Waals surface area contributed by atoms with Crippen LogP contribution in [0.1, 0.15) is 15.9 Å². The van der Waals surface area contributed by atoms with Crippen LogP contribution < -0.4 is 0 Å². The lowest BCUT2D eigenvalue weighted by Crippen LogP contribution is -1.98. The van der Waals surface area contributed by atoms with E-state index in [2.05, 4.69) is 0 Å². The highest BCUT2D eigenvalue weighted by Crippen LogP contribution is 2.18. The third kappa shape index (κ3) is 1.89. The number of hydrogen-bond donors (Lipinski definition) is 0. The molecule has 0 N–H and O–H groups in total. The Bertz CT molecular complexity index is 309. The number of ketones is 1. The molecule has 0 aliphatic rings. The van der Waals surface area contributed by atoms with E-state index in [0.29, 0.717) is 16.9 Å². The highest BCUT2D eigenvalue weighted by molar-refractivity contribution is 6.35. The Kier molecular flexibility index (Phi) is 2.93. The Hall–Kier alpha value is -0.755. The van der Waals surface area contributed by atoms with Crippen LogP contribution in [0.5, 0.6) is 0 Å². The summed E-state index contributed by atoms with van der Waals surface area (Å²) >= 11 is 5.88. The molecule has 0 fully saturated rings. The van der Waals surface area contributed by atoms with Crippen LogP contribution in [0.2, 0.25) is 11.3 Å². The SMILES string of the molecule is BCC(=O)c1ccc(C)cc1Cl. The monoisotopic (exact) mass is 180 g/mol. The summed E-state index contributed by atoms with van der Waals surface area (Å²) in [6.07, 6.45) is 0.503. The maximum absolute atomic E-state index is 11.3. The van der Waals surface area contributed by atoms with Crippen molar-refractivity contribution < 1.29 is 4.79 Å². The zero-order valence-electron chi connectivity index (χ0n) is 7.23. The summed E-state index contributed by atoms with van der Waals surface area (Å²) < 4.78 is 0. The summed E-state index contributed by atoms with van der Waals surface area (Å²) in [4.78, 5) is 11.3. The van der Waals surface area contributed by atoms with Crippen LogP contribution in [0.15, 0.2) is 18.2 Å². The van der Waals surface area contributed by atoms with Gasteiger partial charge in [0.2, 0.25) is 0 Å². The molecule has 0 atom stereocenters. The number of hydrogen-bond acceptors (Lipinski definition) is 1. The van der Waals surface area contributed by atoms with E-state index >= 15 is 0 Å². The van der Waals surface area contributed by atoms with Crippen molar-refractivity contribution in [3.05, 3.63) is 34.3 Å². The largest absolute Gasteiger partial charge is 0.295 e. The molecule has 62 valence electrons. The third-order valence-electron chi connectivity index (χ3n) is 1.75. The average molecular weight is 180 g/mol. The second kappa shape index (κ2) is 3.77. The molecule has 0 aromatic heterocycles. The van der Waals surface area contributed by atoms with Gasteiger partial charge in [0.15, 0.2) is 5.78 Å². The molecule has 1 nitrogen and oxygen atoms in total. The molecule has 0 saturated carbocycles. The van der Waals surface area contributed by atoms with Gasteiger partial charge >= 0.3 is 0 Å². The van der Waals surface area contributed by atoms with Crippen molar-refractivity contribution in [3.8, 4) is 0 Å². The van der Waals surface area contributed by atoms with Crippen molar-refractivity contribution in [2.45, 2.75) is 13.2 Å². The number of carbonyl (C=O) groups excluding carboxylic acids is 1. The number of rotatable bonds is 2. The summed E-state index contributed by atoms with van der Waals surface area (Å²) in [6, 6.07) is 5.49. The number of Topliss-reactive ketones (excluding diaryl/α,β-unsaturated/α-hetero) is 1. The summed E-state index contributed by atoms with van der Waals surface area (Å²) in [5.74, 6) is 0.0972. The molecule has 0 amide bonds. The van der Waals surface area contributed by atoms with Crippen LogP contribution in [0, 0.1) is 6.92 Å². The van der Waals surface area contributed by atoms with Crippen LogP contribution in [0.4, 0.5) is 0 Å². The molecule has 3 heteroatoms. The number of halogens is 1. The molecule has 0 aliphatic carbocycles. The van der Waals surface area contributed by atoms with Crippen molar-refractivity contribution in [2.24, 2.45) is 0 Å². The van der Waals surface area contributed by atoms with Gasteiger partial charge in [0, 0.05) is 5.56 Å². The lowest BCUT2D eigenvalue weighted by molar-refractivity contribution is 0.101. The Morgan fingerprint density at radius 1 is 1.58 bits per heavy atom. The Morgan fingerprint density at radius 3 is 2.75 bits per heavy atom. The fourth-order valence-electron chi connectivity index (χ4n) is 1.04. The number of aryl methyl sites for hydroxylation is 1. The van der Waals surface area contributed by atoms with Gasteiger partial charge in [-0.2, -0.15) is 0 Å². The molecule has 0 unspecified atom stereocenters. The van der Waals surface area contributed by atoms with Gasteiger partial charge in [-0.05, 0) is 30.9 Å². The van der Waals surface area contributed by atoms with Gasteiger partial charge in [0.05, 0.1) is 5.02 Å². The van der Waals surface area contributed by atoms with Gasteiger partial charge in [-0.25, -0.2) is 0 Å². The molecule has 0 saturated heterocycles. The van der Waals surface area contributed by atoms with Crippen molar-refractivity contribution >= 4 is 25.2 Å². The second-order valence-electron chi connectivity index (χ2n) is 2.76. The predicted molar refractivity (Wildman–Crippen MR) is 53.9 cm³/mol. The van der Waals surface area contributed by atoms with Crippen LogP contribution in [0.3, 0.4) is 0 Å². The van der Waals surface area contributed by atoms with E-state index in [1.807, 2.05) is 26.9 Å². The van der Waals surface area contributed by atoms with E-state index in [9.17, 15) is 4.79 Å². The Balaban J connectivity index is 3.09. The second-order valence-corrected chi connectivity index (χ2v) is 3.17. The highest BCUT2D eigenvalue weighted by atomic mass is 35.5. The molecule has 1 aromatic carbocycles. The zero-order valence-corrected chi connectivity index (χ0v) is 7.98. The van der Waals surface area contributed by atoms with Crippen LogP contribution in [0.25, 0.3) is 0 Å². The van der Waals surface area contributed by atoms with Crippen LogP contribution in [-0.2, 0) is 0 Å². The lowest BCUT2D eigenvalue weighted by Gasteiger charge is -2.01. The molecular weight excluding hydrogens is 170 g/mol. The quantitative estimate of drug-likeness (QED) is 0.502. The predicted octanol–water partition coefficient (Wildman–Crippen LogP) is 1.88. The van der Waals surface area contributed by atoms with Gasteiger partial charge in [0.1, 0.15) is 7.85 Å². The standard InChI is InChI=1S/C9H10BClO/c1-6-2-3-7(8(11)4-6)9(12)5-10/h2-4H,5,10H2,1H3. The number of benzene rings is 1. The van der Waals surface area contributed by atoms with E-state index in [0.717, 1.165) is 5.56 Å². The maximum Gasteiger partial charge on any atom is 0.156 e. The van der Waals surface area contributed by atoms with Gasteiger partial charge in [-0.1, -0.05) is 17.7 Å². The molecule has 0 radical (unpaired) electrons. The minimum Gasteiger partial charge on any atom is -0.295 e. The van der Waals surface area contributed by atoms with E-state index < -0.39 is 0 Å². The average Bonchev–Trinajstić information content (AvgIpc) is 2.03. The molecule has 1 rings (SSSR count). The van der Waals surface area contributed by atoms with Crippen molar-refractivity contribution in [1.82, 2.24) is 0 Å². The first-order chi connectivity index (χ1) is 5.65. The van der Waals surface area contributed by atoms with Crippen molar-refractivity contribution in [3.63, 3.8) is 0 Å². The molecule has 12 heavy (non-hydrogen) atoms. The van der Waals surface area contributed by atoms with Gasteiger partial charge in [0.25, 0.3) is 0 Å². The summed E-state index contributed by atoms with van der Waals surface area (Å²) in [5.41, 5.74) is 1.71. The molecule has 0 bridgehead atoms. The van der Waals surface area contributed by atoms with E-state index in [-0.39, 0.29) is 5.78 Å².